The highest BCUT2D eigenvalue weighted by molar-refractivity contribution is 9.10. The number of furan rings is 1. The second-order valence-corrected chi connectivity index (χ2v) is 5.37. The van der Waals surface area contributed by atoms with Gasteiger partial charge in [-0.15, -0.1) is 0 Å². The number of nitrogens with zero attached hydrogens (tertiary/aromatic N) is 2. The largest absolute Gasteiger partial charge is 0.453 e. The minimum atomic E-state index is 0.202. The Morgan fingerprint density at radius 3 is 2.82 bits per heavy atom. The fraction of sp³-hybridized carbons (Fsp3) is 0.667. The van der Waals surface area contributed by atoms with Crippen LogP contribution in [0.1, 0.15) is 18.2 Å². The molecule has 1 unspecified atom stereocenters. The summed E-state index contributed by atoms with van der Waals surface area (Å²) in [5.41, 5.74) is 5.90. The van der Waals surface area contributed by atoms with Crippen LogP contribution in [-0.4, -0.2) is 49.6 Å². The Kier molecular flexibility index (Phi) is 4.62. The molecule has 1 aliphatic heterocycles. The van der Waals surface area contributed by atoms with Gasteiger partial charge in [0.2, 0.25) is 0 Å². The molecule has 0 saturated carbocycles. The predicted molar refractivity (Wildman–Crippen MR) is 71.9 cm³/mol. The lowest BCUT2D eigenvalue weighted by molar-refractivity contribution is 0.184. The minimum Gasteiger partial charge on any atom is -0.453 e. The van der Waals surface area contributed by atoms with E-state index < -0.39 is 0 Å². The van der Waals surface area contributed by atoms with Gasteiger partial charge in [0.15, 0.2) is 4.67 Å². The van der Waals surface area contributed by atoms with Crippen molar-refractivity contribution in [3.8, 4) is 0 Å². The normalized spacial score (nSPS) is 21.4. The number of nitrogens with two attached hydrogens (primary N) is 1. The molecular weight excluding hydrogens is 282 g/mol. The van der Waals surface area contributed by atoms with Gasteiger partial charge in [0, 0.05) is 26.2 Å². The molecule has 1 aromatic heterocycles. The zero-order valence-electron chi connectivity index (χ0n) is 10.2. The third-order valence-corrected chi connectivity index (χ3v) is 3.77. The van der Waals surface area contributed by atoms with Crippen LogP contribution in [0.3, 0.4) is 0 Å². The van der Waals surface area contributed by atoms with E-state index in [-0.39, 0.29) is 6.04 Å². The maximum absolute atomic E-state index is 5.90. The lowest BCUT2D eigenvalue weighted by atomic mass is 10.2. The van der Waals surface area contributed by atoms with Gasteiger partial charge in [-0.1, -0.05) is 0 Å². The molecule has 0 aromatic carbocycles. The smallest absolute Gasteiger partial charge is 0.169 e. The summed E-state index contributed by atoms with van der Waals surface area (Å²) in [6, 6.07) is 4.14. The van der Waals surface area contributed by atoms with E-state index >= 15 is 0 Å². The fourth-order valence-corrected chi connectivity index (χ4v) is 2.65. The van der Waals surface area contributed by atoms with Gasteiger partial charge in [0.05, 0.1) is 6.04 Å². The molecule has 1 aliphatic rings. The van der Waals surface area contributed by atoms with Crippen molar-refractivity contribution in [3.05, 3.63) is 22.6 Å². The van der Waals surface area contributed by atoms with Gasteiger partial charge in [-0.25, -0.2) is 0 Å². The fourth-order valence-electron chi connectivity index (χ4n) is 2.33. The van der Waals surface area contributed by atoms with Gasteiger partial charge >= 0.3 is 0 Å². The van der Waals surface area contributed by atoms with Gasteiger partial charge in [-0.3, -0.25) is 4.90 Å². The molecule has 1 fully saturated rings. The first-order valence-corrected chi connectivity index (χ1v) is 6.88. The number of likely N-dealkylation sites (N-methyl/N-ethyl adjacent to an activating group) is 1. The number of halogens is 1. The molecule has 2 N–H and O–H groups in total. The number of hydrogen-bond donors (Lipinski definition) is 1. The summed E-state index contributed by atoms with van der Waals surface area (Å²) >= 11 is 3.34. The summed E-state index contributed by atoms with van der Waals surface area (Å²) in [6.45, 7) is 5.00. The summed E-state index contributed by atoms with van der Waals surface area (Å²) < 4.78 is 6.41. The molecule has 1 saturated heterocycles. The van der Waals surface area contributed by atoms with Crippen LogP contribution in [0.4, 0.5) is 0 Å². The average Bonchev–Trinajstić information content (AvgIpc) is 2.61. The molecule has 1 atom stereocenters. The quantitative estimate of drug-likeness (QED) is 0.923. The van der Waals surface area contributed by atoms with Crippen molar-refractivity contribution in [2.45, 2.75) is 12.5 Å². The molecular formula is C12H20BrN3O. The van der Waals surface area contributed by atoms with E-state index in [0.717, 1.165) is 36.6 Å². The van der Waals surface area contributed by atoms with Crippen LogP contribution >= 0.6 is 15.9 Å². The highest BCUT2D eigenvalue weighted by Gasteiger charge is 2.23. The Morgan fingerprint density at radius 1 is 1.35 bits per heavy atom. The number of rotatable bonds is 3. The summed E-state index contributed by atoms with van der Waals surface area (Å²) in [6.07, 6.45) is 1.19. The molecule has 0 radical (unpaired) electrons. The molecule has 0 amide bonds. The molecule has 96 valence electrons. The lowest BCUT2D eigenvalue weighted by Gasteiger charge is -2.27. The highest BCUT2D eigenvalue weighted by atomic mass is 79.9. The molecule has 4 nitrogen and oxygen atoms in total. The van der Waals surface area contributed by atoms with Crippen LogP contribution < -0.4 is 5.73 Å². The van der Waals surface area contributed by atoms with Gasteiger partial charge in [0.25, 0.3) is 0 Å². The monoisotopic (exact) mass is 301 g/mol. The van der Waals surface area contributed by atoms with E-state index in [2.05, 4.69) is 32.8 Å². The summed E-state index contributed by atoms with van der Waals surface area (Å²) in [7, 11) is 2.17. The van der Waals surface area contributed by atoms with Crippen LogP contribution in [0.2, 0.25) is 0 Å². The van der Waals surface area contributed by atoms with Crippen LogP contribution in [0.5, 0.6) is 0 Å². The van der Waals surface area contributed by atoms with E-state index in [1.165, 1.54) is 6.42 Å². The van der Waals surface area contributed by atoms with Crippen molar-refractivity contribution in [2.24, 2.45) is 5.73 Å². The Bertz CT molecular complexity index is 355. The predicted octanol–water partition coefficient (Wildman–Crippen LogP) is 1.68. The van der Waals surface area contributed by atoms with Gasteiger partial charge < -0.3 is 15.1 Å². The molecule has 2 heterocycles. The minimum absolute atomic E-state index is 0.202. The first kappa shape index (κ1) is 13.1. The molecule has 17 heavy (non-hydrogen) atoms. The molecule has 1 aromatic rings. The summed E-state index contributed by atoms with van der Waals surface area (Å²) in [5, 5.41) is 0. The topological polar surface area (TPSA) is 45.6 Å². The molecule has 5 heteroatoms. The lowest BCUT2D eigenvalue weighted by Crippen LogP contribution is -2.36. The number of hydrogen-bond acceptors (Lipinski definition) is 4. The highest BCUT2D eigenvalue weighted by Crippen LogP contribution is 2.25. The van der Waals surface area contributed by atoms with Crippen molar-refractivity contribution in [3.63, 3.8) is 0 Å². The molecule has 0 bridgehead atoms. The van der Waals surface area contributed by atoms with E-state index in [0.29, 0.717) is 6.54 Å². The van der Waals surface area contributed by atoms with Crippen LogP contribution in [-0.2, 0) is 0 Å². The second-order valence-electron chi connectivity index (χ2n) is 4.59. The van der Waals surface area contributed by atoms with E-state index in [1.54, 1.807) is 0 Å². The van der Waals surface area contributed by atoms with Crippen molar-refractivity contribution in [1.82, 2.24) is 9.80 Å². The van der Waals surface area contributed by atoms with Gasteiger partial charge in [0.1, 0.15) is 5.76 Å². The van der Waals surface area contributed by atoms with Crippen LogP contribution in [0.15, 0.2) is 21.2 Å². The first-order valence-electron chi connectivity index (χ1n) is 6.08. The van der Waals surface area contributed by atoms with Gasteiger partial charge in [-0.2, -0.15) is 0 Å². The summed E-state index contributed by atoms with van der Waals surface area (Å²) in [4.78, 5) is 4.79. The average molecular weight is 302 g/mol. The maximum atomic E-state index is 5.90. The van der Waals surface area contributed by atoms with Crippen molar-refractivity contribution >= 4 is 15.9 Å². The third kappa shape index (κ3) is 3.31. The van der Waals surface area contributed by atoms with E-state index in [1.807, 2.05) is 12.1 Å². The Hall–Kier alpha value is -0.360. The van der Waals surface area contributed by atoms with Crippen LogP contribution in [0.25, 0.3) is 0 Å². The zero-order valence-corrected chi connectivity index (χ0v) is 11.8. The second kappa shape index (κ2) is 6.00. The Morgan fingerprint density at radius 2 is 2.18 bits per heavy atom. The Labute approximate surface area is 111 Å². The maximum Gasteiger partial charge on any atom is 0.169 e. The molecule has 2 rings (SSSR count). The third-order valence-electron chi connectivity index (χ3n) is 3.34. The summed E-state index contributed by atoms with van der Waals surface area (Å²) in [5.74, 6) is 0.962. The molecule has 0 spiro atoms. The van der Waals surface area contributed by atoms with Crippen molar-refractivity contribution < 1.29 is 4.42 Å². The van der Waals surface area contributed by atoms with Crippen molar-refractivity contribution in [2.75, 3.05) is 39.8 Å². The van der Waals surface area contributed by atoms with Gasteiger partial charge in [-0.05, 0) is 48.1 Å². The SMILES string of the molecule is CN1CCCN(C(CN)c2ccc(Br)o2)CC1. The van der Waals surface area contributed by atoms with Crippen molar-refractivity contribution in [1.29, 1.82) is 0 Å². The van der Waals surface area contributed by atoms with E-state index in [9.17, 15) is 0 Å². The Balaban J connectivity index is 2.07. The van der Waals surface area contributed by atoms with Crippen LogP contribution in [0, 0.1) is 0 Å². The first-order chi connectivity index (χ1) is 8.20. The standard InChI is InChI=1S/C12H20BrN3O/c1-15-5-2-6-16(8-7-15)10(9-14)11-3-4-12(13)17-11/h3-4,10H,2,5-9,14H2,1H3. The van der Waals surface area contributed by atoms with E-state index in [4.69, 9.17) is 10.2 Å². The molecule has 0 aliphatic carbocycles. The zero-order chi connectivity index (χ0) is 12.3.